The second kappa shape index (κ2) is 4.68. The number of Topliss-reactive ketones (excluding diaryl/α,β-unsaturated/α-hetero) is 1. The van der Waals surface area contributed by atoms with E-state index < -0.39 is 0 Å². The van der Waals surface area contributed by atoms with Crippen LogP contribution in [0.1, 0.15) is 22.3 Å². The Balaban J connectivity index is 2.95. The minimum Gasteiger partial charge on any atom is -0.294 e. The van der Waals surface area contributed by atoms with E-state index in [1.54, 1.807) is 6.07 Å². The molecule has 0 saturated carbocycles. The molecular formula is C10H11ClOS. The maximum Gasteiger partial charge on any atom is 0.164 e. The predicted octanol–water partition coefficient (Wildman–Crippen LogP) is 3.10. The lowest BCUT2D eigenvalue weighted by Crippen LogP contribution is -2.02. The van der Waals surface area contributed by atoms with E-state index in [0.717, 1.165) is 16.0 Å². The highest BCUT2D eigenvalue weighted by atomic mass is 35.5. The minimum atomic E-state index is 0.0980. The molecule has 1 aromatic carbocycles. The third-order valence-electron chi connectivity index (χ3n) is 1.83. The summed E-state index contributed by atoms with van der Waals surface area (Å²) >= 11 is 9.68. The summed E-state index contributed by atoms with van der Waals surface area (Å²) in [5.41, 5.74) is 1.71. The van der Waals surface area contributed by atoms with E-state index in [9.17, 15) is 4.79 Å². The number of hydrogen-bond donors (Lipinski definition) is 1. The lowest BCUT2D eigenvalue weighted by Gasteiger charge is -2.03. The van der Waals surface area contributed by atoms with Crippen molar-refractivity contribution in [1.29, 1.82) is 0 Å². The molecule has 0 aliphatic rings. The zero-order chi connectivity index (χ0) is 9.84. The van der Waals surface area contributed by atoms with Gasteiger partial charge < -0.3 is 0 Å². The number of carbonyl (C=O) groups is 1. The molecule has 0 atom stereocenters. The molecule has 13 heavy (non-hydrogen) atoms. The zero-order valence-electron chi connectivity index (χ0n) is 7.38. The van der Waals surface area contributed by atoms with Crippen molar-refractivity contribution in [3.05, 3.63) is 29.3 Å². The lowest BCUT2D eigenvalue weighted by molar-refractivity contribution is 0.0988. The van der Waals surface area contributed by atoms with Crippen molar-refractivity contribution in [1.82, 2.24) is 0 Å². The quantitative estimate of drug-likeness (QED) is 0.465. The molecule has 0 spiro atoms. The van der Waals surface area contributed by atoms with E-state index in [4.69, 9.17) is 11.6 Å². The number of halogens is 1. The van der Waals surface area contributed by atoms with Gasteiger partial charge in [-0.3, -0.25) is 4.79 Å². The third-order valence-corrected chi connectivity index (χ3v) is 2.30. The van der Waals surface area contributed by atoms with Crippen LogP contribution in [0.25, 0.3) is 0 Å². The van der Waals surface area contributed by atoms with Gasteiger partial charge in [-0.05, 0) is 24.6 Å². The number of benzene rings is 1. The Morgan fingerprint density at radius 1 is 1.54 bits per heavy atom. The molecule has 0 N–H and O–H groups in total. The third kappa shape index (κ3) is 2.75. The summed E-state index contributed by atoms with van der Waals surface area (Å²) in [4.78, 5) is 12.3. The van der Waals surface area contributed by atoms with Crippen LogP contribution in [0.15, 0.2) is 23.1 Å². The monoisotopic (exact) mass is 214 g/mol. The van der Waals surface area contributed by atoms with E-state index in [1.807, 2.05) is 19.1 Å². The second-order valence-corrected chi connectivity index (χ2v) is 3.76. The number of thiol groups is 1. The summed E-state index contributed by atoms with van der Waals surface area (Å²) in [5, 5.41) is 0. The van der Waals surface area contributed by atoms with Crippen LogP contribution in [0, 0.1) is 6.92 Å². The molecule has 1 aromatic rings. The van der Waals surface area contributed by atoms with Crippen molar-refractivity contribution in [2.24, 2.45) is 0 Å². The highest BCUT2D eigenvalue weighted by molar-refractivity contribution is 7.80. The van der Waals surface area contributed by atoms with Gasteiger partial charge in [0.2, 0.25) is 0 Å². The first-order valence-electron chi connectivity index (χ1n) is 4.04. The van der Waals surface area contributed by atoms with Crippen molar-refractivity contribution in [2.45, 2.75) is 18.2 Å². The Bertz CT molecular complexity index is 323. The van der Waals surface area contributed by atoms with Gasteiger partial charge in [-0.15, -0.1) is 24.2 Å². The first-order valence-corrected chi connectivity index (χ1v) is 5.02. The van der Waals surface area contributed by atoms with Crippen LogP contribution in [0.4, 0.5) is 0 Å². The predicted molar refractivity (Wildman–Crippen MR) is 58.1 cm³/mol. The smallest absolute Gasteiger partial charge is 0.164 e. The summed E-state index contributed by atoms with van der Waals surface area (Å²) < 4.78 is 0. The van der Waals surface area contributed by atoms with Gasteiger partial charge in [-0.2, -0.15) is 0 Å². The molecule has 0 aliphatic carbocycles. The van der Waals surface area contributed by atoms with Crippen molar-refractivity contribution in [3.8, 4) is 0 Å². The normalized spacial score (nSPS) is 10.1. The molecule has 0 fully saturated rings. The Morgan fingerprint density at radius 3 is 2.77 bits per heavy atom. The van der Waals surface area contributed by atoms with Gasteiger partial charge in [-0.1, -0.05) is 6.07 Å². The highest BCUT2D eigenvalue weighted by Gasteiger charge is 2.07. The number of alkyl halides is 1. The molecule has 0 heterocycles. The van der Waals surface area contributed by atoms with Crippen LogP contribution >= 0.6 is 24.2 Å². The number of rotatable bonds is 3. The molecule has 1 rings (SSSR count). The van der Waals surface area contributed by atoms with Crippen molar-refractivity contribution in [2.75, 3.05) is 5.88 Å². The minimum absolute atomic E-state index is 0.0980. The molecule has 1 nitrogen and oxygen atoms in total. The second-order valence-electron chi connectivity index (χ2n) is 2.86. The number of ketones is 1. The van der Waals surface area contributed by atoms with Crippen molar-refractivity contribution < 1.29 is 4.79 Å². The average Bonchev–Trinajstić information content (AvgIpc) is 2.04. The van der Waals surface area contributed by atoms with Crippen molar-refractivity contribution >= 4 is 30.0 Å². The summed E-state index contributed by atoms with van der Waals surface area (Å²) in [5.74, 6) is 0.474. The number of carbonyl (C=O) groups excluding carboxylic acids is 1. The Morgan fingerprint density at radius 2 is 2.23 bits per heavy atom. The average molecular weight is 215 g/mol. The Hall–Kier alpha value is -0.470. The fourth-order valence-corrected chi connectivity index (χ4v) is 1.62. The summed E-state index contributed by atoms with van der Waals surface area (Å²) in [6, 6.07) is 5.49. The summed E-state index contributed by atoms with van der Waals surface area (Å²) in [6.07, 6.45) is 0.397. The zero-order valence-corrected chi connectivity index (χ0v) is 9.03. The Kier molecular flexibility index (Phi) is 3.82. The SMILES string of the molecule is Cc1cc(S)ccc1C(=O)CCCl. The molecule has 0 aromatic heterocycles. The summed E-state index contributed by atoms with van der Waals surface area (Å²) in [7, 11) is 0. The van der Waals surface area contributed by atoms with E-state index in [-0.39, 0.29) is 5.78 Å². The van der Waals surface area contributed by atoms with Crippen LogP contribution in [-0.2, 0) is 0 Å². The molecule has 70 valence electrons. The van der Waals surface area contributed by atoms with Gasteiger partial charge in [0.1, 0.15) is 0 Å². The van der Waals surface area contributed by atoms with Crippen LogP contribution in [-0.4, -0.2) is 11.7 Å². The van der Waals surface area contributed by atoms with Gasteiger partial charge in [0, 0.05) is 22.8 Å². The number of hydrogen-bond acceptors (Lipinski definition) is 2. The van der Waals surface area contributed by atoms with Gasteiger partial charge in [-0.25, -0.2) is 0 Å². The highest BCUT2D eigenvalue weighted by Crippen LogP contribution is 2.15. The van der Waals surface area contributed by atoms with Gasteiger partial charge in [0.15, 0.2) is 5.78 Å². The lowest BCUT2D eigenvalue weighted by atomic mass is 10.0. The van der Waals surface area contributed by atoms with Gasteiger partial charge >= 0.3 is 0 Å². The van der Waals surface area contributed by atoms with Crippen molar-refractivity contribution in [3.63, 3.8) is 0 Å². The maximum absolute atomic E-state index is 11.5. The van der Waals surface area contributed by atoms with Crippen LogP contribution < -0.4 is 0 Å². The topological polar surface area (TPSA) is 17.1 Å². The van der Waals surface area contributed by atoms with Crippen LogP contribution in [0.3, 0.4) is 0 Å². The Labute approximate surface area is 88.5 Å². The molecule has 0 bridgehead atoms. The van der Waals surface area contributed by atoms with Gasteiger partial charge in [0.25, 0.3) is 0 Å². The maximum atomic E-state index is 11.5. The first kappa shape index (κ1) is 10.6. The molecule has 0 aliphatic heterocycles. The van der Waals surface area contributed by atoms with E-state index in [2.05, 4.69) is 12.6 Å². The molecular weight excluding hydrogens is 204 g/mol. The van der Waals surface area contributed by atoms with E-state index in [1.165, 1.54) is 0 Å². The van der Waals surface area contributed by atoms with E-state index >= 15 is 0 Å². The molecule has 0 radical (unpaired) electrons. The number of aryl methyl sites for hydroxylation is 1. The standard InChI is InChI=1S/C10H11ClOS/c1-7-6-8(13)2-3-9(7)10(12)4-5-11/h2-3,6,13H,4-5H2,1H3. The molecule has 0 amide bonds. The van der Waals surface area contributed by atoms with Crippen LogP contribution in [0.5, 0.6) is 0 Å². The molecule has 0 unspecified atom stereocenters. The largest absolute Gasteiger partial charge is 0.294 e. The van der Waals surface area contributed by atoms with Gasteiger partial charge in [0.05, 0.1) is 0 Å². The van der Waals surface area contributed by atoms with E-state index in [0.29, 0.717) is 12.3 Å². The first-order chi connectivity index (χ1) is 6.15. The van der Waals surface area contributed by atoms with Crippen LogP contribution in [0.2, 0.25) is 0 Å². The fraction of sp³-hybridized carbons (Fsp3) is 0.300. The fourth-order valence-electron chi connectivity index (χ4n) is 1.18. The molecule has 0 saturated heterocycles. The summed E-state index contributed by atoms with van der Waals surface area (Å²) in [6.45, 7) is 1.90. The molecule has 3 heteroatoms.